The molecule has 0 radical (unpaired) electrons. The molecule has 1 saturated carbocycles. The van der Waals surface area contributed by atoms with Crippen LogP contribution in [0.3, 0.4) is 0 Å². The first kappa shape index (κ1) is 39.4. The Balaban J connectivity index is 0.819. The molecule has 1 spiro atoms. The van der Waals surface area contributed by atoms with Crippen LogP contribution < -0.4 is 19.1 Å². The van der Waals surface area contributed by atoms with Gasteiger partial charge in [0, 0.05) is 30.7 Å². The zero-order chi connectivity index (χ0) is 40.5. The van der Waals surface area contributed by atoms with Gasteiger partial charge in [-0.15, -0.1) is 0 Å². The highest BCUT2D eigenvalue weighted by molar-refractivity contribution is 5.97. The fourth-order valence-electron chi connectivity index (χ4n) is 10.8. The number of nitrogens with one attached hydrogen (secondary N) is 1. The number of piperidine rings is 1. The van der Waals surface area contributed by atoms with E-state index in [0.717, 1.165) is 86.0 Å². The molecule has 0 bridgehead atoms. The molecule has 5 aromatic rings. The number of Topliss-reactive ketones (excluding diaryl/α,β-unsaturated/α-hetero) is 1. The van der Waals surface area contributed by atoms with Crippen LogP contribution in [0.4, 0.5) is 10.1 Å². The number of anilines is 1. The average Bonchev–Trinajstić information content (AvgIpc) is 3.90. The second-order valence-corrected chi connectivity index (χ2v) is 18.3. The number of carbonyl (C=O) groups excluding carboxylic acids is 1. The average molecular weight is 796 g/mol. The lowest BCUT2D eigenvalue weighted by atomic mass is 9.56. The van der Waals surface area contributed by atoms with Crippen molar-refractivity contribution in [3.05, 3.63) is 119 Å². The van der Waals surface area contributed by atoms with E-state index in [2.05, 4.69) is 71.2 Å². The molecule has 2 atom stereocenters. The summed E-state index contributed by atoms with van der Waals surface area (Å²) in [5, 5.41) is 0.909. The van der Waals surface area contributed by atoms with Gasteiger partial charge < -0.3 is 24.1 Å². The Morgan fingerprint density at radius 1 is 1.00 bits per heavy atom. The van der Waals surface area contributed by atoms with Crippen molar-refractivity contribution in [2.24, 2.45) is 17.3 Å². The summed E-state index contributed by atoms with van der Waals surface area (Å²) in [6.45, 7) is 8.05. The Morgan fingerprint density at radius 3 is 2.66 bits per heavy atom. The second-order valence-electron chi connectivity index (χ2n) is 18.3. The standard InChI is InChI=1S/C51H58FN3O4/c1-33(2)42-11-4-5-12-43(42)40-24-35(8-6-9-36(25-40)16-17-38-10-7-13-47-49(38)58-32-57-47)14-15-37-29-51(30-37)19-22-55(23-20-51)46-28-48(44(34(3)56)27-45(46)52)59-41-26-39-18-21-53-50(39)54-31-41/h4-5,7,9-13,18,21,26-28,31,33,35,37,40H,6,8,14-17,19-20,22-25,29-30,32H2,1-3H3,(H,53,54)/b36-9-/t35?,40-/m0/s1. The molecule has 2 aliphatic heterocycles. The highest BCUT2D eigenvalue weighted by atomic mass is 19.1. The van der Waals surface area contributed by atoms with E-state index in [9.17, 15) is 4.79 Å². The van der Waals surface area contributed by atoms with Gasteiger partial charge in [0.2, 0.25) is 6.79 Å². The van der Waals surface area contributed by atoms with Gasteiger partial charge in [-0.25, -0.2) is 9.37 Å². The van der Waals surface area contributed by atoms with E-state index in [4.69, 9.17) is 14.2 Å². The molecule has 4 aliphatic rings. The number of ketones is 1. The SMILES string of the molecule is CC(=O)c1cc(F)c(N2CCC3(CC2)CC(CCC2CC/C=C(/CCc4cccc5c4OCO5)C[C@@H](c4ccccc4C(C)C)C2)C3)cc1Oc1cnc2[nH]ccc2c1. The molecular formula is C51H58FN3O4. The highest BCUT2D eigenvalue weighted by Gasteiger charge is 2.46. The summed E-state index contributed by atoms with van der Waals surface area (Å²) in [5.74, 6) is 4.60. The number of aromatic amines is 1. The van der Waals surface area contributed by atoms with Crippen LogP contribution in [0.5, 0.6) is 23.0 Å². The number of benzene rings is 3. The molecule has 7 nitrogen and oxygen atoms in total. The number of carbonyl (C=O) groups is 1. The van der Waals surface area contributed by atoms with Gasteiger partial charge in [-0.2, -0.15) is 0 Å². The van der Waals surface area contributed by atoms with Gasteiger partial charge in [-0.3, -0.25) is 4.79 Å². The summed E-state index contributed by atoms with van der Waals surface area (Å²) >= 11 is 0. The number of para-hydroxylation sites is 1. The number of pyridine rings is 1. The molecule has 308 valence electrons. The van der Waals surface area contributed by atoms with Gasteiger partial charge in [-0.05, 0) is 141 Å². The Morgan fingerprint density at radius 2 is 1.83 bits per heavy atom. The monoisotopic (exact) mass is 795 g/mol. The molecular weight excluding hydrogens is 738 g/mol. The number of aryl methyl sites for hydroxylation is 1. The van der Waals surface area contributed by atoms with E-state index in [-0.39, 0.29) is 17.2 Å². The maximum absolute atomic E-state index is 15.7. The Hall–Kier alpha value is -5.11. The van der Waals surface area contributed by atoms with E-state index in [1.807, 2.05) is 24.4 Å². The molecule has 9 rings (SSSR count). The van der Waals surface area contributed by atoms with Crippen molar-refractivity contribution in [3.8, 4) is 23.0 Å². The molecule has 2 aromatic heterocycles. The zero-order valence-electron chi connectivity index (χ0n) is 34.9. The van der Waals surface area contributed by atoms with Crippen molar-refractivity contribution in [2.75, 3.05) is 24.8 Å². The predicted octanol–water partition coefficient (Wildman–Crippen LogP) is 12.9. The molecule has 3 aromatic carbocycles. The molecule has 1 N–H and O–H groups in total. The van der Waals surface area contributed by atoms with Crippen molar-refractivity contribution in [1.29, 1.82) is 0 Å². The van der Waals surface area contributed by atoms with Crippen molar-refractivity contribution in [1.82, 2.24) is 9.97 Å². The van der Waals surface area contributed by atoms with Crippen molar-refractivity contribution in [3.63, 3.8) is 0 Å². The molecule has 2 fully saturated rings. The van der Waals surface area contributed by atoms with Crippen LogP contribution in [-0.4, -0.2) is 35.6 Å². The van der Waals surface area contributed by atoms with Gasteiger partial charge in [-0.1, -0.05) is 74.7 Å². The fraction of sp³-hybridized carbons (Fsp3) is 0.451. The zero-order valence-corrected chi connectivity index (χ0v) is 34.9. The number of aromatic nitrogens is 2. The van der Waals surface area contributed by atoms with Crippen LogP contribution >= 0.6 is 0 Å². The number of allylic oxidation sites excluding steroid dienone is 2. The molecule has 8 heteroatoms. The van der Waals surface area contributed by atoms with Crippen LogP contribution in [0.25, 0.3) is 11.0 Å². The number of ether oxygens (including phenoxy) is 3. The van der Waals surface area contributed by atoms with Gasteiger partial charge in [0.05, 0.1) is 17.4 Å². The lowest BCUT2D eigenvalue weighted by molar-refractivity contribution is 0.0196. The number of hydrogen-bond donors (Lipinski definition) is 1. The van der Waals surface area contributed by atoms with Crippen LogP contribution in [0.1, 0.15) is 130 Å². The largest absolute Gasteiger partial charge is 0.455 e. The third kappa shape index (κ3) is 8.51. The Labute approximate surface area is 348 Å². The quantitative estimate of drug-likeness (QED) is 0.100. The molecule has 1 unspecified atom stereocenters. The predicted molar refractivity (Wildman–Crippen MR) is 233 cm³/mol. The summed E-state index contributed by atoms with van der Waals surface area (Å²) in [5.41, 5.74) is 7.75. The third-order valence-corrected chi connectivity index (χ3v) is 14.0. The fourth-order valence-corrected chi connectivity index (χ4v) is 10.8. The van der Waals surface area contributed by atoms with Crippen molar-refractivity contribution >= 4 is 22.5 Å². The lowest BCUT2D eigenvalue weighted by Crippen LogP contribution is -2.47. The number of rotatable bonds is 12. The summed E-state index contributed by atoms with van der Waals surface area (Å²) in [4.78, 5) is 22.2. The minimum absolute atomic E-state index is 0.232. The van der Waals surface area contributed by atoms with Crippen LogP contribution in [0, 0.1) is 23.1 Å². The molecule has 1 saturated heterocycles. The van der Waals surface area contributed by atoms with Crippen molar-refractivity contribution in [2.45, 2.75) is 110 Å². The number of H-pyrrole nitrogens is 1. The topological polar surface area (TPSA) is 76.7 Å². The Kier molecular flexibility index (Phi) is 11.3. The summed E-state index contributed by atoms with van der Waals surface area (Å²) in [6.07, 6.45) is 20.2. The van der Waals surface area contributed by atoms with E-state index in [1.54, 1.807) is 23.4 Å². The van der Waals surface area contributed by atoms with E-state index >= 15 is 4.39 Å². The third-order valence-electron chi connectivity index (χ3n) is 14.0. The van der Waals surface area contributed by atoms with E-state index in [0.29, 0.717) is 41.2 Å². The Bertz CT molecular complexity index is 2330. The van der Waals surface area contributed by atoms with Gasteiger partial charge >= 0.3 is 0 Å². The number of hydrogen-bond acceptors (Lipinski definition) is 6. The smallest absolute Gasteiger partial charge is 0.231 e. The first-order chi connectivity index (χ1) is 28.7. The van der Waals surface area contributed by atoms with Crippen LogP contribution in [0.15, 0.2) is 90.8 Å². The number of nitrogens with zero attached hydrogens (tertiary/aromatic N) is 2. The van der Waals surface area contributed by atoms with Crippen molar-refractivity contribution < 1.29 is 23.4 Å². The minimum atomic E-state index is -0.372. The highest BCUT2D eigenvalue weighted by Crippen LogP contribution is 2.55. The number of halogens is 1. The first-order valence-electron chi connectivity index (χ1n) is 22.0. The van der Waals surface area contributed by atoms with Gasteiger partial charge in [0.25, 0.3) is 0 Å². The summed E-state index contributed by atoms with van der Waals surface area (Å²) in [7, 11) is 0. The van der Waals surface area contributed by atoms with E-state index < -0.39 is 0 Å². The molecule has 0 amide bonds. The molecule has 4 heterocycles. The van der Waals surface area contributed by atoms with Crippen LogP contribution in [0.2, 0.25) is 0 Å². The maximum atomic E-state index is 15.7. The summed E-state index contributed by atoms with van der Waals surface area (Å²) in [6, 6.07) is 22.4. The molecule has 59 heavy (non-hydrogen) atoms. The summed E-state index contributed by atoms with van der Waals surface area (Å²) < 4.78 is 33.4. The maximum Gasteiger partial charge on any atom is 0.231 e. The normalized spacial score (nSPS) is 21.2. The minimum Gasteiger partial charge on any atom is -0.455 e. The van der Waals surface area contributed by atoms with E-state index in [1.165, 1.54) is 62.6 Å². The van der Waals surface area contributed by atoms with Gasteiger partial charge in [0.15, 0.2) is 17.3 Å². The molecule has 2 aliphatic carbocycles. The number of fused-ring (bicyclic) bond motifs is 2. The lowest BCUT2D eigenvalue weighted by Gasteiger charge is -2.53. The van der Waals surface area contributed by atoms with Gasteiger partial charge in [0.1, 0.15) is 23.0 Å². The second kappa shape index (κ2) is 16.9. The van der Waals surface area contributed by atoms with Crippen LogP contribution in [-0.2, 0) is 6.42 Å². The first-order valence-corrected chi connectivity index (χ1v) is 22.0.